The van der Waals surface area contributed by atoms with E-state index in [2.05, 4.69) is 33.1 Å². The Hall–Kier alpha value is -1.74. The number of benzene rings is 2. The summed E-state index contributed by atoms with van der Waals surface area (Å²) in [6.07, 6.45) is 1.62. The van der Waals surface area contributed by atoms with E-state index >= 15 is 0 Å². The van der Waals surface area contributed by atoms with Crippen molar-refractivity contribution in [3.05, 3.63) is 58.6 Å². The molecule has 0 spiro atoms. The van der Waals surface area contributed by atoms with Gasteiger partial charge in [0.2, 0.25) is 15.9 Å². The Labute approximate surface area is 186 Å². The summed E-state index contributed by atoms with van der Waals surface area (Å²) in [7, 11) is -3.51. The number of nitrogens with one attached hydrogen (secondary N) is 1. The maximum atomic E-state index is 12.9. The molecule has 8 heteroatoms. The third kappa shape index (κ3) is 4.19. The SMILES string of the molecule is CCN1CCN(S(=O)(=O)c2ccc(NC(=O)C3(c4cccc(Br)c4)CC3)cc2)CC1. The van der Waals surface area contributed by atoms with Crippen molar-refractivity contribution in [1.29, 1.82) is 0 Å². The van der Waals surface area contributed by atoms with Crippen molar-refractivity contribution in [3.63, 3.8) is 0 Å². The van der Waals surface area contributed by atoms with Crippen molar-refractivity contribution in [2.75, 3.05) is 38.0 Å². The van der Waals surface area contributed by atoms with Crippen molar-refractivity contribution in [3.8, 4) is 0 Å². The fourth-order valence-corrected chi connectivity index (χ4v) is 5.78. The van der Waals surface area contributed by atoms with Crippen LogP contribution in [0.3, 0.4) is 0 Å². The van der Waals surface area contributed by atoms with Gasteiger partial charge in [0.05, 0.1) is 10.3 Å². The van der Waals surface area contributed by atoms with Crippen LogP contribution in [-0.2, 0) is 20.2 Å². The Bertz CT molecular complexity index is 1030. The predicted molar refractivity (Wildman–Crippen MR) is 121 cm³/mol. The van der Waals surface area contributed by atoms with Crippen molar-refractivity contribution >= 4 is 37.5 Å². The first-order chi connectivity index (χ1) is 14.3. The van der Waals surface area contributed by atoms with Gasteiger partial charge in [-0.15, -0.1) is 0 Å². The maximum Gasteiger partial charge on any atom is 0.243 e. The van der Waals surface area contributed by atoms with Crippen molar-refractivity contribution < 1.29 is 13.2 Å². The molecule has 2 aromatic rings. The third-order valence-electron chi connectivity index (χ3n) is 6.09. The van der Waals surface area contributed by atoms with Crippen LogP contribution in [0.1, 0.15) is 25.3 Å². The van der Waals surface area contributed by atoms with Crippen molar-refractivity contribution in [1.82, 2.24) is 9.21 Å². The third-order valence-corrected chi connectivity index (χ3v) is 8.50. The molecule has 1 saturated heterocycles. The molecule has 1 aliphatic heterocycles. The number of rotatable bonds is 6. The largest absolute Gasteiger partial charge is 0.325 e. The number of hydrogen-bond acceptors (Lipinski definition) is 4. The lowest BCUT2D eigenvalue weighted by molar-refractivity contribution is -0.118. The van der Waals surface area contributed by atoms with E-state index in [4.69, 9.17) is 0 Å². The molecule has 1 aliphatic carbocycles. The van der Waals surface area contributed by atoms with Gasteiger partial charge in [-0.25, -0.2) is 8.42 Å². The molecule has 0 radical (unpaired) electrons. The summed E-state index contributed by atoms with van der Waals surface area (Å²) in [6.45, 7) is 5.53. The van der Waals surface area contributed by atoms with Crippen LogP contribution >= 0.6 is 15.9 Å². The fourth-order valence-electron chi connectivity index (χ4n) is 3.95. The van der Waals surface area contributed by atoms with Crippen molar-refractivity contribution in [2.24, 2.45) is 0 Å². The summed E-state index contributed by atoms with van der Waals surface area (Å²) in [4.78, 5) is 15.4. The number of anilines is 1. The summed E-state index contributed by atoms with van der Waals surface area (Å²) in [6, 6.07) is 14.3. The molecule has 30 heavy (non-hydrogen) atoms. The average Bonchev–Trinajstić information content (AvgIpc) is 3.56. The molecule has 1 N–H and O–H groups in total. The quantitative estimate of drug-likeness (QED) is 0.671. The summed E-state index contributed by atoms with van der Waals surface area (Å²) >= 11 is 3.47. The number of piperazine rings is 1. The van der Waals surface area contributed by atoms with Gasteiger partial charge in [0.25, 0.3) is 0 Å². The van der Waals surface area contributed by atoms with E-state index < -0.39 is 15.4 Å². The second-order valence-corrected chi connectivity index (χ2v) is 10.8. The number of sulfonamides is 1. The minimum absolute atomic E-state index is 0.0492. The van der Waals surface area contributed by atoms with E-state index in [-0.39, 0.29) is 10.8 Å². The highest BCUT2D eigenvalue weighted by molar-refractivity contribution is 9.10. The van der Waals surface area contributed by atoms with Gasteiger partial charge in [-0.05, 0) is 61.3 Å². The van der Waals surface area contributed by atoms with Crippen LogP contribution in [0.25, 0.3) is 0 Å². The zero-order valence-electron chi connectivity index (χ0n) is 17.0. The molecule has 160 valence electrons. The summed E-state index contributed by atoms with van der Waals surface area (Å²) in [5.74, 6) is -0.0492. The van der Waals surface area contributed by atoms with Gasteiger partial charge >= 0.3 is 0 Å². The minimum Gasteiger partial charge on any atom is -0.325 e. The first-order valence-corrected chi connectivity index (χ1v) is 12.5. The normalized spacial score (nSPS) is 19.4. The first kappa shape index (κ1) is 21.5. The molecule has 0 atom stereocenters. The average molecular weight is 492 g/mol. The number of amides is 1. The van der Waals surface area contributed by atoms with E-state index in [0.717, 1.165) is 42.5 Å². The minimum atomic E-state index is -3.51. The van der Waals surface area contributed by atoms with Crippen LogP contribution in [0.15, 0.2) is 57.9 Å². The monoisotopic (exact) mass is 491 g/mol. The highest BCUT2D eigenvalue weighted by Gasteiger charge is 2.51. The molecule has 1 heterocycles. The Balaban J connectivity index is 1.44. The molecular formula is C22H26BrN3O3S. The predicted octanol–water partition coefficient (Wildman–Crippen LogP) is 3.45. The maximum absolute atomic E-state index is 12.9. The number of carbonyl (C=O) groups excluding carboxylic acids is 1. The number of hydrogen-bond donors (Lipinski definition) is 1. The molecule has 0 unspecified atom stereocenters. The number of halogens is 1. The van der Waals surface area contributed by atoms with E-state index in [9.17, 15) is 13.2 Å². The summed E-state index contributed by atoms with van der Waals surface area (Å²) in [5, 5.41) is 2.96. The van der Waals surface area contributed by atoms with E-state index in [1.54, 1.807) is 28.6 Å². The molecule has 2 aliphatic rings. The topological polar surface area (TPSA) is 69.7 Å². The molecule has 6 nitrogen and oxygen atoms in total. The number of likely N-dealkylation sites (N-methyl/N-ethyl adjacent to an activating group) is 1. The Morgan fingerprint density at radius 1 is 1.07 bits per heavy atom. The van der Waals surface area contributed by atoms with E-state index in [0.29, 0.717) is 18.8 Å². The standard InChI is InChI=1S/C22H26BrN3O3S/c1-2-25-12-14-26(15-13-25)30(28,29)20-8-6-19(7-9-20)24-21(27)22(10-11-22)17-4-3-5-18(23)16-17/h3-9,16H,2,10-15H2,1H3,(H,24,27). The second kappa shape index (κ2) is 8.42. The Morgan fingerprint density at radius 2 is 1.73 bits per heavy atom. The van der Waals surface area contributed by atoms with Crippen LogP contribution < -0.4 is 5.32 Å². The highest BCUT2D eigenvalue weighted by Crippen LogP contribution is 2.49. The lowest BCUT2D eigenvalue weighted by atomic mass is 9.95. The van der Waals surface area contributed by atoms with Crippen molar-refractivity contribution in [2.45, 2.75) is 30.1 Å². The van der Waals surface area contributed by atoms with Gasteiger partial charge in [0, 0.05) is 36.3 Å². The van der Waals surface area contributed by atoms with Gasteiger partial charge in [0.1, 0.15) is 0 Å². The Kier molecular flexibility index (Phi) is 6.03. The molecule has 0 bridgehead atoms. The van der Waals surface area contributed by atoms with Gasteiger partial charge in [-0.2, -0.15) is 4.31 Å². The van der Waals surface area contributed by atoms with Gasteiger partial charge in [0.15, 0.2) is 0 Å². The smallest absolute Gasteiger partial charge is 0.243 e. The van der Waals surface area contributed by atoms with E-state index in [1.807, 2.05) is 24.3 Å². The first-order valence-electron chi connectivity index (χ1n) is 10.3. The molecule has 1 saturated carbocycles. The zero-order valence-corrected chi connectivity index (χ0v) is 19.4. The molecule has 2 fully saturated rings. The molecule has 0 aromatic heterocycles. The fraction of sp³-hybridized carbons (Fsp3) is 0.409. The molecule has 4 rings (SSSR count). The van der Waals surface area contributed by atoms with Crippen LogP contribution in [0.5, 0.6) is 0 Å². The second-order valence-electron chi connectivity index (χ2n) is 7.91. The summed E-state index contributed by atoms with van der Waals surface area (Å²) in [5.41, 5.74) is 1.11. The molecular weight excluding hydrogens is 466 g/mol. The van der Waals surface area contributed by atoms with Crippen LogP contribution in [0.2, 0.25) is 0 Å². The lowest BCUT2D eigenvalue weighted by Gasteiger charge is -2.33. The lowest BCUT2D eigenvalue weighted by Crippen LogP contribution is -2.48. The molecule has 2 aromatic carbocycles. The van der Waals surface area contributed by atoms with Crippen LogP contribution in [-0.4, -0.2) is 56.3 Å². The Morgan fingerprint density at radius 3 is 2.30 bits per heavy atom. The zero-order chi connectivity index (χ0) is 21.4. The van der Waals surface area contributed by atoms with Gasteiger partial charge in [-0.3, -0.25) is 4.79 Å². The number of carbonyl (C=O) groups is 1. The van der Waals surface area contributed by atoms with Gasteiger partial charge < -0.3 is 10.2 Å². The summed E-state index contributed by atoms with van der Waals surface area (Å²) < 4.78 is 28.3. The van der Waals surface area contributed by atoms with Crippen LogP contribution in [0, 0.1) is 0 Å². The molecule has 1 amide bonds. The highest BCUT2D eigenvalue weighted by atomic mass is 79.9. The van der Waals surface area contributed by atoms with Gasteiger partial charge in [-0.1, -0.05) is 35.0 Å². The number of nitrogens with zero attached hydrogens (tertiary/aromatic N) is 2. The van der Waals surface area contributed by atoms with Crippen LogP contribution in [0.4, 0.5) is 5.69 Å². The van der Waals surface area contributed by atoms with E-state index in [1.165, 1.54) is 0 Å².